The van der Waals surface area contributed by atoms with E-state index in [1.165, 1.54) is 0 Å². The molecule has 4 nitrogen and oxygen atoms in total. The molecule has 1 aromatic rings. The molecule has 0 saturated carbocycles. The van der Waals surface area contributed by atoms with Gasteiger partial charge in [0, 0.05) is 18.5 Å². The minimum atomic E-state index is -0.104. The average molecular weight is 235 g/mol. The molecule has 0 N–H and O–H groups in total. The van der Waals surface area contributed by atoms with E-state index in [1.807, 2.05) is 12.2 Å². The van der Waals surface area contributed by atoms with E-state index >= 15 is 0 Å². The van der Waals surface area contributed by atoms with Crippen molar-refractivity contribution in [1.82, 2.24) is 15.1 Å². The number of aromatic nitrogens is 2. The van der Waals surface area contributed by atoms with Crippen molar-refractivity contribution in [3.05, 3.63) is 37.1 Å². The van der Waals surface area contributed by atoms with E-state index in [9.17, 15) is 0 Å². The lowest BCUT2D eigenvalue weighted by Crippen LogP contribution is -2.23. The quantitative estimate of drug-likeness (QED) is 0.711. The summed E-state index contributed by atoms with van der Waals surface area (Å²) in [5.41, 5.74) is -0.104. The SMILES string of the molecule is C=CCN(CC=C)Cc1nnc(C(C)(C)C)o1. The molecule has 0 amide bonds. The molecule has 0 aliphatic heterocycles. The predicted molar refractivity (Wildman–Crippen MR) is 68.7 cm³/mol. The maximum absolute atomic E-state index is 5.64. The molecule has 0 fully saturated rings. The van der Waals surface area contributed by atoms with E-state index < -0.39 is 0 Å². The first-order chi connectivity index (χ1) is 7.97. The van der Waals surface area contributed by atoms with E-state index in [2.05, 4.69) is 49.0 Å². The molecule has 0 bridgehead atoms. The second kappa shape index (κ2) is 5.77. The zero-order chi connectivity index (χ0) is 12.9. The zero-order valence-electron chi connectivity index (χ0n) is 10.9. The Morgan fingerprint density at radius 1 is 1.18 bits per heavy atom. The first-order valence-corrected chi connectivity index (χ1v) is 5.74. The summed E-state index contributed by atoms with van der Waals surface area (Å²) in [5, 5.41) is 8.13. The molecule has 1 rings (SSSR count). The van der Waals surface area contributed by atoms with E-state index in [0.717, 1.165) is 13.1 Å². The molecule has 1 aromatic heterocycles. The van der Waals surface area contributed by atoms with Crippen molar-refractivity contribution in [3.63, 3.8) is 0 Å². The van der Waals surface area contributed by atoms with Gasteiger partial charge in [-0.1, -0.05) is 32.9 Å². The highest BCUT2D eigenvalue weighted by molar-refractivity contribution is 4.96. The highest BCUT2D eigenvalue weighted by Gasteiger charge is 2.21. The van der Waals surface area contributed by atoms with Gasteiger partial charge >= 0.3 is 0 Å². The van der Waals surface area contributed by atoms with Gasteiger partial charge in [0.25, 0.3) is 0 Å². The molecule has 0 unspecified atom stereocenters. The molecule has 17 heavy (non-hydrogen) atoms. The third kappa shape index (κ3) is 4.15. The van der Waals surface area contributed by atoms with Gasteiger partial charge in [0.2, 0.25) is 11.8 Å². The highest BCUT2D eigenvalue weighted by atomic mass is 16.4. The maximum Gasteiger partial charge on any atom is 0.230 e. The lowest BCUT2D eigenvalue weighted by Gasteiger charge is -2.16. The summed E-state index contributed by atoms with van der Waals surface area (Å²) in [5.74, 6) is 1.31. The van der Waals surface area contributed by atoms with Crippen LogP contribution in [0.15, 0.2) is 29.7 Å². The Kier molecular flexibility index (Phi) is 4.63. The summed E-state index contributed by atoms with van der Waals surface area (Å²) < 4.78 is 5.64. The number of hydrogen-bond donors (Lipinski definition) is 0. The second-order valence-corrected chi connectivity index (χ2v) is 5.02. The fourth-order valence-electron chi connectivity index (χ4n) is 1.38. The van der Waals surface area contributed by atoms with Crippen LogP contribution in [-0.2, 0) is 12.0 Å². The average Bonchev–Trinajstić information content (AvgIpc) is 2.66. The van der Waals surface area contributed by atoms with Crippen molar-refractivity contribution in [2.24, 2.45) is 0 Å². The van der Waals surface area contributed by atoms with Gasteiger partial charge in [-0.15, -0.1) is 23.4 Å². The Bertz CT molecular complexity index is 366. The van der Waals surface area contributed by atoms with Gasteiger partial charge in [-0.3, -0.25) is 4.90 Å². The van der Waals surface area contributed by atoms with Crippen LogP contribution in [0.5, 0.6) is 0 Å². The van der Waals surface area contributed by atoms with Crippen LogP contribution in [0.2, 0.25) is 0 Å². The third-order valence-electron chi connectivity index (χ3n) is 2.24. The summed E-state index contributed by atoms with van der Waals surface area (Å²) in [6, 6.07) is 0. The van der Waals surface area contributed by atoms with Crippen LogP contribution >= 0.6 is 0 Å². The van der Waals surface area contributed by atoms with Crippen LogP contribution in [-0.4, -0.2) is 28.2 Å². The van der Waals surface area contributed by atoms with Crippen molar-refractivity contribution >= 4 is 0 Å². The second-order valence-electron chi connectivity index (χ2n) is 5.02. The minimum absolute atomic E-state index is 0.104. The van der Waals surface area contributed by atoms with Gasteiger partial charge in [0.15, 0.2) is 0 Å². The molecule has 94 valence electrons. The van der Waals surface area contributed by atoms with Gasteiger partial charge in [-0.25, -0.2) is 0 Å². The minimum Gasteiger partial charge on any atom is -0.423 e. The van der Waals surface area contributed by atoms with Crippen LogP contribution < -0.4 is 0 Å². The lowest BCUT2D eigenvalue weighted by atomic mass is 9.97. The fourth-order valence-corrected chi connectivity index (χ4v) is 1.38. The molecular formula is C13H21N3O. The summed E-state index contributed by atoms with van der Waals surface area (Å²) in [7, 11) is 0. The van der Waals surface area contributed by atoms with Crippen molar-refractivity contribution in [2.45, 2.75) is 32.7 Å². The molecule has 4 heteroatoms. The maximum atomic E-state index is 5.64. The summed E-state index contributed by atoms with van der Waals surface area (Å²) in [4.78, 5) is 2.12. The highest BCUT2D eigenvalue weighted by Crippen LogP contribution is 2.20. The van der Waals surface area contributed by atoms with Crippen molar-refractivity contribution < 1.29 is 4.42 Å². The summed E-state index contributed by atoms with van der Waals surface area (Å²) in [6.45, 7) is 15.8. The number of rotatable bonds is 6. The first kappa shape index (κ1) is 13.6. The number of nitrogens with zero attached hydrogens (tertiary/aromatic N) is 3. The van der Waals surface area contributed by atoms with Gasteiger partial charge in [0.05, 0.1) is 6.54 Å². The smallest absolute Gasteiger partial charge is 0.230 e. The predicted octanol–water partition coefficient (Wildman–Crippen LogP) is 2.54. The van der Waals surface area contributed by atoms with Gasteiger partial charge in [-0.2, -0.15) is 0 Å². The Morgan fingerprint density at radius 3 is 2.18 bits per heavy atom. The molecule has 0 atom stereocenters. The molecular weight excluding hydrogens is 214 g/mol. The van der Waals surface area contributed by atoms with Crippen molar-refractivity contribution in [1.29, 1.82) is 0 Å². The Labute approximate surface area is 103 Å². The third-order valence-corrected chi connectivity index (χ3v) is 2.24. The molecule has 0 aliphatic carbocycles. The first-order valence-electron chi connectivity index (χ1n) is 5.74. The van der Waals surface area contributed by atoms with E-state index in [1.54, 1.807) is 0 Å². The standard InChI is InChI=1S/C13H21N3O/c1-6-8-16(9-7-2)10-11-14-15-12(17-11)13(3,4)5/h6-7H,1-2,8-10H2,3-5H3. The molecule has 1 heterocycles. The number of hydrogen-bond acceptors (Lipinski definition) is 4. The van der Waals surface area contributed by atoms with E-state index in [-0.39, 0.29) is 5.41 Å². The largest absolute Gasteiger partial charge is 0.423 e. The van der Waals surface area contributed by atoms with Crippen molar-refractivity contribution in [2.75, 3.05) is 13.1 Å². The molecule has 0 saturated heterocycles. The van der Waals surface area contributed by atoms with E-state index in [0.29, 0.717) is 18.3 Å². The monoisotopic (exact) mass is 235 g/mol. The molecule has 0 radical (unpaired) electrons. The van der Waals surface area contributed by atoms with Crippen LogP contribution in [0.1, 0.15) is 32.6 Å². The summed E-state index contributed by atoms with van der Waals surface area (Å²) in [6.07, 6.45) is 3.70. The summed E-state index contributed by atoms with van der Waals surface area (Å²) >= 11 is 0. The van der Waals surface area contributed by atoms with E-state index in [4.69, 9.17) is 4.42 Å². The Hall–Kier alpha value is -1.42. The van der Waals surface area contributed by atoms with Crippen LogP contribution in [0, 0.1) is 0 Å². The van der Waals surface area contributed by atoms with Gasteiger partial charge in [0.1, 0.15) is 0 Å². The van der Waals surface area contributed by atoms with Crippen LogP contribution in [0.4, 0.5) is 0 Å². The fraction of sp³-hybridized carbons (Fsp3) is 0.538. The molecule has 0 spiro atoms. The zero-order valence-corrected chi connectivity index (χ0v) is 10.9. The van der Waals surface area contributed by atoms with Crippen molar-refractivity contribution in [3.8, 4) is 0 Å². The normalized spacial score (nSPS) is 11.8. The lowest BCUT2D eigenvalue weighted by molar-refractivity contribution is 0.274. The van der Waals surface area contributed by atoms with Gasteiger partial charge < -0.3 is 4.42 Å². The molecule has 0 aliphatic rings. The topological polar surface area (TPSA) is 42.2 Å². The molecule has 0 aromatic carbocycles. The Balaban J connectivity index is 2.69. The van der Waals surface area contributed by atoms with Crippen LogP contribution in [0.3, 0.4) is 0 Å². The Morgan fingerprint density at radius 2 is 1.76 bits per heavy atom. The van der Waals surface area contributed by atoms with Crippen LogP contribution in [0.25, 0.3) is 0 Å². The van der Waals surface area contributed by atoms with Gasteiger partial charge in [-0.05, 0) is 0 Å².